The highest BCUT2D eigenvalue weighted by Crippen LogP contribution is 1.98. The van der Waals surface area contributed by atoms with Crippen molar-refractivity contribution in [3.8, 4) is 0 Å². The highest BCUT2D eigenvalue weighted by Gasteiger charge is 2.01. The maximum Gasteiger partial charge on any atom is 0.307 e. The van der Waals surface area contributed by atoms with Crippen molar-refractivity contribution in [2.45, 2.75) is 13.3 Å². The smallest absolute Gasteiger partial charge is 0.307 e. The van der Waals surface area contributed by atoms with Crippen LogP contribution in [-0.2, 0) is 9.53 Å². The number of ether oxygens (including phenoxy) is 1. The molecule has 0 saturated heterocycles. The summed E-state index contributed by atoms with van der Waals surface area (Å²) < 4.78 is 17.1. The second-order valence-corrected chi connectivity index (χ2v) is 2.71. The molecule has 0 atom stereocenters. The molecule has 0 aliphatic rings. The Morgan fingerprint density at radius 2 is 2.20 bits per heavy atom. The van der Waals surface area contributed by atoms with Crippen LogP contribution in [0.15, 0.2) is 12.4 Å². The minimum absolute atomic E-state index is 0.231. The topological polar surface area (TPSA) is 64.1 Å². The van der Waals surface area contributed by atoms with Gasteiger partial charge in [-0.1, -0.05) is 0 Å². The van der Waals surface area contributed by atoms with Crippen molar-refractivity contribution in [1.82, 2.24) is 9.97 Å². The molecule has 0 saturated carbocycles. The van der Waals surface area contributed by atoms with Gasteiger partial charge >= 0.3 is 5.97 Å². The summed E-state index contributed by atoms with van der Waals surface area (Å²) in [6.07, 6.45) is 2.34. The molecule has 5 nitrogen and oxygen atoms in total. The molecule has 1 aromatic heterocycles. The zero-order chi connectivity index (χ0) is 11.1. The van der Waals surface area contributed by atoms with Crippen molar-refractivity contribution in [3.63, 3.8) is 0 Å². The zero-order valence-corrected chi connectivity index (χ0v) is 8.36. The lowest BCUT2D eigenvalue weighted by Gasteiger charge is -2.03. The van der Waals surface area contributed by atoms with Crippen molar-refractivity contribution in [3.05, 3.63) is 18.2 Å². The van der Waals surface area contributed by atoms with Crippen LogP contribution in [0.4, 0.5) is 10.3 Å². The second-order valence-electron chi connectivity index (χ2n) is 2.71. The first kappa shape index (κ1) is 11.4. The van der Waals surface area contributed by atoms with E-state index in [2.05, 4.69) is 15.3 Å². The SMILES string of the molecule is CCOC(=O)CCNc1ncc(F)cn1. The molecule has 82 valence electrons. The van der Waals surface area contributed by atoms with Gasteiger partial charge in [0.05, 0.1) is 25.4 Å². The number of nitrogens with zero attached hydrogens (tertiary/aromatic N) is 2. The summed E-state index contributed by atoms with van der Waals surface area (Å²) in [6.45, 7) is 2.48. The van der Waals surface area contributed by atoms with Gasteiger partial charge in [0, 0.05) is 6.54 Å². The molecular weight excluding hydrogens is 201 g/mol. The summed E-state index contributed by atoms with van der Waals surface area (Å²) in [4.78, 5) is 18.3. The first-order valence-corrected chi connectivity index (χ1v) is 4.59. The van der Waals surface area contributed by atoms with Gasteiger partial charge in [-0.05, 0) is 6.92 Å². The van der Waals surface area contributed by atoms with E-state index in [1.165, 1.54) is 0 Å². The van der Waals surface area contributed by atoms with Gasteiger partial charge in [0.25, 0.3) is 0 Å². The molecule has 1 heterocycles. The van der Waals surface area contributed by atoms with Crippen molar-refractivity contribution < 1.29 is 13.9 Å². The molecule has 1 N–H and O–H groups in total. The first-order valence-electron chi connectivity index (χ1n) is 4.59. The molecule has 1 rings (SSSR count). The Labute approximate surface area is 86.7 Å². The largest absolute Gasteiger partial charge is 0.466 e. The van der Waals surface area contributed by atoms with Crippen LogP contribution in [0.1, 0.15) is 13.3 Å². The monoisotopic (exact) mass is 213 g/mol. The number of carbonyl (C=O) groups excluding carboxylic acids is 1. The van der Waals surface area contributed by atoms with Crippen LogP contribution in [0.2, 0.25) is 0 Å². The molecule has 15 heavy (non-hydrogen) atoms. The molecule has 0 unspecified atom stereocenters. The van der Waals surface area contributed by atoms with Crippen molar-refractivity contribution in [1.29, 1.82) is 0 Å². The van der Waals surface area contributed by atoms with Crippen LogP contribution < -0.4 is 5.32 Å². The highest BCUT2D eigenvalue weighted by atomic mass is 19.1. The minimum atomic E-state index is -0.494. The number of esters is 1. The molecule has 0 aromatic carbocycles. The van der Waals surface area contributed by atoms with Crippen molar-refractivity contribution in [2.24, 2.45) is 0 Å². The Bertz CT molecular complexity index is 316. The van der Waals surface area contributed by atoms with Crippen LogP contribution >= 0.6 is 0 Å². The standard InChI is InChI=1S/C9H12FN3O2/c1-2-15-8(14)3-4-11-9-12-5-7(10)6-13-9/h5-6H,2-4H2,1H3,(H,11,12,13). The van der Waals surface area contributed by atoms with Gasteiger partial charge in [0.15, 0.2) is 5.82 Å². The fourth-order valence-corrected chi connectivity index (χ4v) is 0.913. The summed E-state index contributed by atoms with van der Waals surface area (Å²) >= 11 is 0. The maximum atomic E-state index is 12.4. The summed E-state index contributed by atoms with van der Waals surface area (Å²) in [5, 5.41) is 2.77. The molecule has 0 amide bonds. The molecule has 0 bridgehead atoms. The predicted molar refractivity (Wildman–Crippen MR) is 51.7 cm³/mol. The highest BCUT2D eigenvalue weighted by molar-refractivity contribution is 5.69. The van der Waals surface area contributed by atoms with E-state index in [-0.39, 0.29) is 12.4 Å². The van der Waals surface area contributed by atoms with Gasteiger partial charge in [-0.25, -0.2) is 14.4 Å². The van der Waals surface area contributed by atoms with E-state index < -0.39 is 5.82 Å². The van der Waals surface area contributed by atoms with Crippen molar-refractivity contribution >= 4 is 11.9 Å². The van der Waals surface area contributed by atoms with E-state index in [4.69, 9.17) is 4.74 Å². The zero-order valence-electron chi connectivity index (χ0n) is 8.36. The lowest BCUT2D eigenvalue weighted by molar-refractivity contribution is -0.142. The maximum absolute atomic E-state index is 12.4. The van der Waals surface area contributed by atoms with Gasteiger partial charge in [0.2, 0.25) is 5.95 Å². The Morgan fingerprint density at radius 3 is 2.80 bits per heavy atom. The second kappa shape index (κ2) is 5.90. The number of carbonyl (C=O) groups is 1. The van der Waals surface area contributed by atoms with Crippen LogP contribution in [-0.4, -0.2) is 29.1 Å². The third-order valence-corrected chi connectivity index (χ3v) is 1.54. The predicted octanol–water partition coefficient (Wildman–Crippen LogP) is 0.981. The van der Waals surface area contributed by atoms with Gasteiger partial charge in [-0.15, -0.1) is 0 Å². The van der Waals surface area contributed by atoms with E-state index >= 15 is 0 Å². The van der Waals surface area contributed by atoms with E-state index in [1.54, 1.807) is 6.92 Å². The fraction of sp³-hybridized carbons (Fsp3) is 0.444. The first-order chi connectivity index (χ1) is 7.22. The summed E-state index contributed by atoms with van der Waals surface area (Å²) in [5.41, 5.74) is 0. The lowest BCUT2D eigenvalue weighted by Crippen LogP contribution is -2.12. The molecule has 0 aliphatic heterocycles. The molecule has 0 radical (unpaired) electrons. The van der Waals surface area contributed by atoms with Gasteiger partial charge < -0.3 is 10.1 Å². The van der Waals surface area contributed by atoms with E-state index in [1.807, 2.05) is 0 Å². The summed E-state index contributed by atoms with van der Waals surface area (Å²) in [7, 11) is 0. The average Bonchev–Trinajstić information content (AvgIpc) is 2.21. The molecular formula is C9H12FN3O2. The Kier molecular flexibility index (Phi) is 4.46. The third-order valence-electron chi connectivity index (χ3n) is 1.54. The number of nitrogens with one attached hydrogen (secondary N) is 1. The van der Waals surface area contributed by atoms with E-state index in [0.717, 1.165) is 12.4 Å². The Balaban J connectivity index is 2.26. The van der Waals surface area contributed by atoms with E-state index in [0.29, 0.717) is 19.1 Å². The average molecular weight is 213 g/mol. The summed E-state index contributed by atoms with van der Waals surface area (Å²) in [6, 6.07) is 0. The molecule has 6 heteroatoms. The van der Waals surface area contributed by atoms with Gasteiger partial charge in [0.1, 0.15) is 0 Å². The van der Waals surface area contributed by atoms with Crippen LogP contribution in [0.3, 0.4) is 0 Å². The number of halogens is 1. The molecule has 0 aliphatic carbocycles. The van der Waals surface area contributed by atoms with Crippen LogP contribution in [0.5, 0.6) is 0 Å². The Morgan fingerprint density at radius 1 is 1.53 bits per heavy atom. The van der Waals surface area contributed by atoms with Crippen LogP contribution in [0, 0.1) is 5.82 Å². The number of anilines is 1. The van der Waals surface area contributed by atoms with E-state index in [9.17, 15) is 9.18 Å². The lowest BCUT2D eigenvalue weighted by atomic mass is 10.4. The van der Waals surface area contributed by atoms with Gasteiger partial charge in [-0.3, -0.25) is 4.79 Å². The number of hydrogen-bond acceptors (Lipinski definition) is 5. The fourth-order valence-electron chi connectivity index (χ4n) is 0.913. The molecule has 0 fully saturated rings. The normalized spacial score (nSPS) is 9.73. The third kappa shape index (κ3) is 4.35. The molecule has 1 aromatic rings. The number of rotatable bonds is 5. The Hall–Kier alpha value is -1.72. The van der Waals surface area contributed by atoms with Crippen molar-refractivity contribution in [2.75, 3.05) is 18.5 Å². The number of aromatic nitrogens is 2. The minimum Gasteiger partial charge on any atom is -0.466 e. The summed E-state index contributed by atoms with van der Waals surface area (Å²) in [5.74, 6) is -0.487. The number of hydrogen-bond donors (Lipinski definition) is 1. The molecule has 0 spiro atoms. The van der Waals surface area contributed by atoms with Crippen LogP contribution in [0.25, 0.3) is 0 Å². The van der Waals surface area contributed by atoms with Gasteiger partial charge in [-0.2, -0.15) is 0 Å². The quantitative estimate of drug-likeness (QED) is 0.738.